The summed E-state index contributed by atoms with van der Waals surface area (Å²) in [5.41, 5.74) is 1.97. The summed E-state index contributed by atoms with van der Waals surface area (Å²) in [5, 5.41) is 13.6. The van der Waals surface area contributed by atoms with E-state index in [9.17, 15) is 9.59 Å². The third kappa shape index (κ3) is 3.48. The maximum atomic E-state index is 12.5. The van der Waals surface area contributed by atoms with Gasteiger partial charge in [-0.3, -0.25) is 4.79 Å². The fourth-order valence-corrected chi connectivity index (χ4v) is 3.42. The van der Waals surface area contributed by atoms with Crippen molar-refractivity contribution in [3.8, 4) is 0 Å². The monoisotopic (exact) mass is 358 g/mol. The molecule has 9 heteroatoms. The Morgan fingerprint density at radius 2 is 1.73 bits per heavy atom. The molecule has 1 aromatic carbocycles. The Bertz CT molecular complexity index is 793. The Kier molecular flexibility index (Phi) is 4.70. The number of rotatable bonds is 2. The smallest absolute Gasteiger partial charge is 0.320 e. The van der Waals surface area contributed by atoms with Crippen molar-refractivity contribution < 1.29 is 14.3 Å². The van der Waals surface area contributed by atoms with E-state index in [1.165, 1.54) is 0 Å². The predicted octanol–water partition coefficient (Wildman–Crippen LogP) is 0.604. The van der Waals surface area contributed by atoms with Gasteiger partial charge in [0.15, 0.2) is 0 Å². The Labute approximate surface area is 150 Å². The molecule has 2 fully saturated rings. The molecule has 0 bridgehead atoms. The number of aromatic amines is 1. The molecule has 3 heterocycles. The Morgan fingerprint density at radius 1 is 1.04 bits per heavy atom. The molecule has 2 aromatic rings. The number of morpholine rings is 1. The van der Waals surface area contributed by atoms with Gasteiger partial charge in [-0.2, -0.15) is 15.4 Å². The average Bonchev–Trinajstić information content (AvgIpc) is 3.16. The second-order valence-corrected chi connectivity index (χ2v) is 6.64. The zero-order chi connectivity index (χ0) is 17.9. The van der Waals surface area contributed by atoms with Crippen molar-refractivity contribution in [3.05, 3.63) is 23.8 Å². The number of carbonyl (C=O) groups is 2. The van der Waals surface area contributed by atoms with E-state index < -0.39 is 0 Å². The summed E-state index contributed by atoms with van der Waals surface area (Å²) in [7, 11) is 0. The quantitative estimate of drug-likeness (QED) is 0.818. The van der Waals surface area contributed by atoms with Gasteiger partial charge < -0.3 is 19.9 Å². The van der Waals surface area contributed by atoms with Gasteiger partial charge in [0, 0.05) is 37.8 Å². The second-order valence-electron chi connectivity index (χ2n) is 6.64. The fraction of sp³-hybridized carbons (Fsp3) is 0.529. The van der Waals surface area contributed by atoms with Crippen LogP contribution >= 0.6 is 0 Å². The van der Waals surface area contributed by atoms with E-state index in [-0.39, 0.29) is 18.0 Å². The summed E-state index contributed by atoms with van der Waals surface area (Å²) in [6, 6.07) is 5.40. The van der Waals surface area contributed by atoms with Crippen molar-refractivity contribution in [3.63, 3.8) is 0 Å². The van der Waals surface area contributed by atoms with Crippen LogP contribution in [0.25, 0.3) is 11.0 Å². The highest BCUT2D eigenvalue weighted by Gasteiger charge is 2.28. The van der Waals surface area contributed by atoms with E-state index in [4.69, 9.17) is 4.74 Å². The lowest BCUT2D eigenvalue weighted by atomic mass is 10.0. The summed E-state index contributed by atoms with van der Waals surface area (Å²) in [6.45, 7) is 3.83. The molecule has 4 rings (SSSR count). The van der Waals surface area contributed by atoms with Crippen LogP contribution in [0.3, 0.4) is 0 Å². The number of hydrogen-bond donors (Lipinski definition) is 2. The summed E-state index contributed by atoms with van der Waals surface area (Å²) in [6.07, 6.45) is 1.52. The van der Waals surface area contributed by atoms with E-state index in [1.807, 2.05) is 9.80 Å². The van der Waals surface area contributed by atoms with Crippen LogP contribution in [-0.4, -0.2) is 82.6 Å². The molecule has 9 nitrogen and oxygen atoms in total. The van der Waals surface area contributed by atoms with Crippen LogP contribution in [0.5, 0.6) is 0 Å². The van der Waals surface area contributed by atoms with Gasteiger partial charge in [-0.1, -0.05) is 0 Å². The first-order valence-corrected chi connectivity index (χ1v) is 8.94. The Balaban J connectivity index is 1.30. The van der Waals surface area contributed by atoms with Gasteiger partial charge in [0.25, 0.3) is 5.91 Å². The molecule has 2 N–H and O–H groups in total. The van der Waals surface area contributed by atoms with Crippen molar-refractivity contribution in [2.75, 3.05) is 39.4 Å². The molecule has 0 saturated carbocycles. The van der Waals surface area contributed by atoms with E-state index in [2.05, 4.69) is 20.7 Å². The lowest BCUT2D eigenvalue weighted by Crippen LogP contribution is -2.52. The molecule has 138 valence electrons. The number of nitrogens with one attached hydrogen (secondary N) is 2. The molecule has 2 aliphatic rings. The number of piperidine rings is 1. The van der Waals surface area contributed by atoms with Gasteiger partial charge in [-0.05, 0) is 31.0 Å². The molecule has 3 amide bonds. The van der Waals surface area contributed by atoms with E-state index in [0.717, 1.165) is 18.4 Å². The van der Waals surface area contributed by atoms with Gasteiger partial charge >= 0.3 is 6.03 Å². The number of urea groups is 1. The number of H-pyrrole nitrogens is 1. The molecule has 0 aliphatic carbocycles. The zero-order valence-corrected chi connectivity index (χ0v) is 14.5. The predicted molar refractivity (Wildman–Crippen MR) is 93.7 cm³/mol. The van der Waals surface area contributed by atoms with Crippen molar-refractivity contribution in [1.29, 1.82) is 0 Å². The first kappa shape index (κ1) is 16.8. The van der Waals surface area contributed by atoms with Crippen LogP contribution < -0.4 is 5.32 Å². The van der Waals surface area contributed by atoms with E-state index in [1.54, 1.807) is 18.2 Å². The first-order valence-electron chi connectivity index (χ1n) is 8.94. The maximum Gasteiger partial charge on any atom is 0.320 e. The van der Waals surface area contributed by atoms with Crippen molar-refractivity contribution in [2.24, 2.45) is 0 Å². The Hall–Kier alpha value is -2.68. The normalized spacial score (nSPS) is 18.9. The van der Waals surface area contributed by atoms with E-state index >= 15 is 0 Å². The second kappa shape index (κ2) is 7.28. The highest BCUT2D eigenvalue weighted by atomic mass is 16.5. The molecule has 26 heavy (non-hydrogen) atoms. The van der Waals surface area contributed by atoms with Gasteiger partial charge in [-0.15, -0.1) is 0 Å². The number of ether oxygens (including phenoxy) is 1. The van der Waals surface area contributed by atoms with Crippen LogP contribution in [0.1, 0.15) is 23.2 Å². The first-order chi connectivity index (χ1) is 12.7. The van der Waals surface area contributed by atoms with Gasteiger partial charge in [-0.25, -0.2) is 4.79 Å². The SMILES string of the molecule is O=C(NC1CCN(C(=O)N2CCOCC2)CC1)c1ccc2n[nH]nc2c1. The third-order valence-corrected chi connectivity index (χ3v) is 4.96. The number of aromatic nitrogens is 3. The maximum absolute atomic E-state index is 12.5. The number of likely N-dealkylation sites (tertiary alicyclic amines) is 1. The van der Waals surface area contributed by atoms with Crippen LogP contribution in [0.4, 0.5) is 4.79 Å². The van der Waals surface area contributed by atoms with Crippen LogP contribution in [0.15, 0.2) is 18.2 Å². The summed E-state index contributed by atoms with van der Waals surface area (Å²) in [4.78, 5) is 28.7. The molecule has 0 atom stereocenters. The van der Waals surface area contributed by atoms with Gasteiger partial charge in [0.2, 0.25) is 0 Å². The van der Waals surface area contributed by atoms with Gasteiger partial charge in [0.05, 0.1) is 13.2 Å². The minimum Gasteiger partial charge on any atom is -0.378 e. The molecule has 2 saturated heterocycles. The van der Waals surface area contributed by atoms with Crippen molar-refractivity contribution in [2.45, 2.75) is 18.9 Å². The molecule has 0 unspecified atom stereocenters. The lowest BCUT2D eigenvalue weighted by Gasteiger charge is -2.37. The fourth-order valence-electron chi connectivity index (χ4n) is 3.42. The number of nitrogens with zero attached hydrogens (tertiary/aromatic N) is 4. The van der Waals surface area contributed by atoms with Crippen LogP contribution in [-0.2, 0) is 4.74 Å². The Morgan fingerprint density at radius 3 is 2.50 bits per heavy atom. The lowest BCUT2D eigenvalue weighted by molar-refractivity contribution is 0.0407. The topological polar surface area (TPSA) is 103 Å². The summed E-state index contributed by atoms with van der Waals surface area (Å²) >= 11 is 0. The van der Waals surface area contributed by atoms with Crippen molar-refractivity contribution >= 4 is 23.0 Å². The average molecular weight is 358 g/mol. The highest BCUT2D eigenvalue weighted by molar-refractivity contribution is 5.97. The van der Waals surface area contributed by atoms with Crippen LogP contribution in [0, 0.1) is 0 Å². The van der Waals surface area contributed by atoms with Crippen LogP contribution in [0.2, 0.25) is 0 Å². The number of fused-ring (bicyclic) bond motifs is 1. The van der Waals surface area contributed by atoms with E-state index in [0.29, 0.717) is 50.5 Å². The largest absolute Gasteiger partial charge is 0.378 e. The molecule has 1 aromatic heterocycles. The third-order valence-electron chi connectivity index (χ3n) is 4.96. The van der Waals surface area contributed by atoms with Crippen molar-refractivity contribution in [1.82, 2.24) is 30.5 Å². The standard InChI is InChI=1S/C17H22N6O3/c24-16(12-1-2-14-15(11-12)20-21-19-14)18-13-3-5-22(6-4-13)17(25)23-7-9-26-10-8-23/h1-2,11,13H,3-10H2,(H,18,24)(H,19,20,21). The number of carbonyl (C=O) groups excluding carboxylic acids is 2. The number of benzene rings is 1. The minimum atomic E-state index is -0.118. The molecular weight excluding hydrogens is 336 g/mol. The zero-order valence-electron chi connectivity index (χ0n) is 14.5. The van der Waals surface area contributed by atoms with Gasteiger partial charge in [0.1, 0.15) is 11.0 Å². The summed E-state index contributed by atoms with van der Waals surface area (Å²) in [5.74, 6) is -0.118. The summed E-state index contributed by atoms with van der Waals surface area (Å²) < 4.78 is 5.29. The highest BCUT2D eigenvalue weighted by Crippen LogP contribution is 2.15. The molecular formula is C17H22N6O3. The minimum absolute atomic E-state index is 0.0734. The number of amides is 3. The molecule has 2 aliphatic heterocycles. The molecule has 0 spiro atoms. The molecule has 0 radical (unpaired) electrons. The number of hydrogen-bond acceptors (Lipinski definition) is 5.